The molecule has 1 fully saturated rings. The molecular weight excluding hydrogens is 353 g/mol. The number of halogens is 1. The van der Waals surface area contributed by atoms with Gasteiger partial charge in [0, 0.05) is 17.6 Å². The van der Waals surface area contributed by atoms with Gasteiger partial charge in [-0.05, 0) is 95.3 Å². The van der Waals surface area contributed by atoms with E-state index in [0.29, 0.717) is 5.56 Å². The summed E-state index contributed by atoms with van der Waals surface area (Å²) < 4.78 is 18.9. The topological polar surface area (TPSA) is 29.5 Å². The van der Waals surface area contributed by atoms with Crippen molar-refractivity contribution in [2.24, 2.45) is 0 Å². The molecule has 1 aliphatic rings. The first-order valence-electron chi connectivity index (χ1n) is 10.1. The van der Waals surface area contributed by atoms with Gasteiger partial charge in [-0.25, -0.2) is 4.39 Å². The number of benzene rings is 2. The third-order valence-corrected chi connectivity index (χ3v) is 5.23. The third kappa shape index (κ3) is 5.12. The predicted octanol–water partition coefficient (Wildman–Crippen LogP) is 5.63. The van der Waals surface area contributed by atoms with Crippen molar-refractivity contribution in [3.05, 3.63) is 65.5 Å². The molecule has 0 radical (unpaired) electrons. The lowest BCUT2D eigenvalue weighted by atomic mass is 10.0. The van der Waals surface area contributed by atoms with E-state index in [0.717, 1.165) is 37.0 Å². The molecule has 0 N–H and O–H groups in total. The molecule has 0 spiro atoms. The number of carbonyl (C=O) groups is 1. The minimum atomic E-state index is -0.263. The highest BCUT2D eigenvalue weighted by Crippen LogP contribution is 2.29. The standard InChI is InChI=1S/C24H30FNO2/c1-17-5-13-21(14-8-18-6-11-20(25)12-7-18)26(17)23(27)19-9-15-22(16-10-19)28-24(2,3)4/h6-7,9-12,15-17,21H,5,8,13-14H2,1-4H3/t17-,21-/m1/s1. The fourth-order valence-electron chi connectivity index (χ4n) is 3.87. The maximum Gasteiger partial charge on any atom is 0.254 e. The van der Waals surface area contributed by atoms with Crippen LogP contribution in [0.4, 0.5) is 4.39 Å². The Morgan fingerprint density at radius 3 is 2.32 bits per heavy atom. The number of carbonyl (C=O) groups excluding carboxylic acids is 1. The predicted molar refractivity (Wildman–Crippen MR) is 110 cm³/mol. The first-order valence-corrected chi connectivity index (χ1v) is 10.1. The monoisotopic (exact) mass is 383 g/mol. The summed E-state index contributed by atoms with van der Waals surface area (Å²) in [5.41, 5.74) is 1.54. The Morgan fingerprint density at radius 2 is 1.71 bits per heavy atom. The van der Waals surface area contributed by atoms with Crippen LogP contribution in [0, 0.1) is 5.82 Å². The van der Waals surface area contributed by atoms with Crippen LogP contribution in [-0.4, -0.2) is 28.5 Å². The van der Waals surface area contributed by atoms with Gasteiger partial charge in [0.1, 0.15) is 17.2 Å². The Morgan fingerprint density at radius 1 is 1.07 bits per heavy atom. The maximum absolute atomic E-state index is 13.2. The normalized spacial score (nSPS) is 19.7. The molecule has 4 heteroatoms. The zero-order valence-corrected chi connectivity index (χ0v) is 17.2. The van der Waals surface area contributed by atoms with Crippen molar-refractivity contribution in [1.82, 2.24) is 4.90 Å². The highest BCUT2D eigenvalue weighted by molar-refractivity contribution is 5.95. The van der Waals surface area contributed by atoms with E-state index in [1.807, 2.05) is 62.1 Å². The van der Waals surface area contributed by atoms with Crippen LogP contribution < -0.4 is 4.74 Å². The summed E-state index contributed by atoms with van der Waals surface area (Å²) in [5.74, 6) is 0.636. The molecule has 2 aromatic rings. The van der Waals surface area contributed by atoms with Gasteiger partial charge in [0.05, 0.1) is 0 Å². The first-order chi connectivity index (χ1) is 13.2. The van der Waals surface area contributed by atoms with E-state index in [1.165, 1.54) is 12.1 Å². The molecule has 1 amide bonds. The van der Waals surface area contributed by atoms with Crippen LogP contribution in [0.3, 0.4) is 0 Å². The Kier molecular flexibility index (Phi) is 6.07. The van der Waals surface area contributed by atoms with Gasteiger partial charge in [-0.2, -0.15) is 0 Å². The van der Waals surface area contributed by atoms with Crippen molar-refractivity contribution in [3.8, 4) is 5.75 Å². The van der Waals surface area contributed by atoms with E-state index >= 15 is 0 Å². The first kappa shape index (κ1) is 20.4. The molecule has 3 rings (SSSR count). The van der Waals surface area contributed by atoms with Crippen LogP contribution in [0.2, 0.25) is 0 Å². The second-order valence-electron chi connectivity index (χ2n) is 8.70. The Balaban J connectivity index is 1.67. The van der Waals surface area contributed by atoms with Crippen molar-refractivity contribution >= 4 is 5.91 Å². The van der Waals surface area contributed by atoms with Crippen LogP contribution in [0.1, 0.15) is 62.9 Å². The molecule has 28 heavy (non-hydrogen) atoms. The average molecular weight is 384 g/mol. The van der Waals surface area contributed by atoms with E-state index in [4.69, 9.17) is 4.74 Å². The maximum atomic E-state index is 13.2. The highest BCUT2D eigenvalue weighted by atomic mass is 19.1. The van der Waals surface area contributed by atoms with Crippen LogP contribution in [-0.2, 0) is 6.42 Å². The molecule has 3 nitrogen and oxygen atoms in total. The average Bonchev–Trinajstić information content (AvgIpc) is 3.00. The van der Waals surface area contributed by atoms with E-state index in [9.17, 15) is 9.18 Å². The molecule has 0 aliphatic carbocycles. The van der Waals surface area contributed by atoms with E-state index in [-0.39, 0.29) is 29.4 Å². The number of hydrogen-bond acceptors (Lipinski definition) is 2. The smallest absolute Gasteiger partial charge is 0.254 e. The highest BCUT2D eigenvalue weighted by Gasteiger charge is 2.34. The fourth-order valence-corrected chi connectivity index (χ4v) is 3.87. The van der Waals surface area contributed by atoms with E-state index < -0.39 is 0 Å². The zero-order valence-electron chi connectivity index (χ0n) is 17.2. The number of amides is 1. The molecule has 0 saturated carbocycles. The van der Waals surface area contributed by atoms with Crippen molar-refractivity contribution in [2.45, 2.75) is 71.1 Å². The summed E-state index contributed by atoms with van der Waals surface area (Å²) >= 11 is 0. The van der Waals surface area contributed by atoms with Gasteiger partial charge in [0.2, 0.25) is 0 Å². The lowest BCUT2D eigenvalue weighted by Crippen LogP contribution is -2.40. The van der Waals surface area contributed by atoms with Gasteiger partial charge in [0.25, 0.3) is 5.91 Å². The van der Waals surface area contributed by atoms with Crippen LogP contribution in [0.5, 0.6) is 5.75 Å². The molecule has 0 aromatic heterocycles. The number of aryl methyl sites for hydroxylation is 1. The Hall–Kier alpha value is -2.36. The minimum Gasteiger partial charge on any atom is -0.488 e. The Labute approximate surface area is 167 Å². The van der Waals surface area contributed by atoms with Crippen LogP contribution in [0.15, 0.2) is 48.5 Å². The molecule has 2 atom stereocenters. The number of ether oxygens (including phenoxy) is 1. The van der Waals surface area contributed by atoms with E-state index in [2.05, 4.69) is 6.92 Å². The summed E-state index contributed by atoms with van der Waals surface area (Å²) in [5, 5.41) is 0. The minimum absolute atomic E-state index is 0.0800. The number of rotatable bonds is 5. The van der Waals surface area contributed by atoms with E-state index in [1.54, 1.807) is 0 Å². The van der Waals surface area contributed by atoms with Crippen molar-refractivity contribution in [1.29, 1.82) is 0 Å². The van der Waals surface area contributed by atoms with Crippen LogP contribution >= 0.6 is 0 Å². The fraction of sp³-hybridized carbons (Fsp3) is 0.458. The molecule has 2 aromatic carbocycles. The van der Waals surface area contributed by atoms with Gasteiger partial charge >= 0.3 is 0 Å². The summed E-state index contributed by atoms with van der Waals surface area (Å²) in [6.07, 6.45) is 3.77. The molecule has 0 unspecified atom stereocenters. The Bertz CT molecular complexity index is 793. The SMILES string of the molecule is C[C@@H]1CC[C@H](CCc2ccc(F)cc2)N1C(=O)c1ccc(OC(C)(C)C)cc1. The second-order valence-corrected chi connectivity index (χ2v) is 8.70. The van der Waals surface area contributed by atoms with Crippen molar-refractivity contribution in [3.63, 3.8) is 0 Å². The molecule has 150 valence electrons. The lowest BCUT2D eigenvalue weighted by Gasteiger charge is -2.29. The van der Waals surface area contributed by atoms with Gasteiger partial charge in [-0.3, -0.25) is 4.79 Å². The number of nitrogens with zero attached hydrogens (tertiary/aromatic N) is 1. The largest absolute Gasteiger partial charge is 0.488 e. The van der Waals surface area contributed by atoms with Crippen molar-refractivity contribution in [2.75, 3.05) is 0 Å². The molecule has 1 saturated heterocycles. The van der Waals surface area contributed by atoms with Gasteiger partial charge < -0.3 is 9.64 Å². The summed E-state index contributed by atoms with van der Waals surface area (Å²) in [4.78, 5) is 15.2. The second kappa shape index (κ2) is 8.34. The lowest BCUT2D eigenvalue weighted by molar-refractivity contribution is 0.0672. The van der Waals surface area contributed by atoms with Crippen LogP contribution in [0.25, 0.3) is 0 Å². The quantitative estimate of drug-likeness (QED) is 0.670. The number of hydrogen-bond donors (Lipinski definition) is 0. The van der Waals surface area contributed by atoms with Gasteiger partial charge in [0.15, 0.2) is 0 Å². The van der Waals surface area contributed by atoms with Crippen molar-refractivity contribution < 1.29 is 13.9 Å². The molecule has 1 heterocycles. The molecular formula is C24H30FNO2. The molecule has 1 aliphatic heterocycles. The third-order valence-electron chi connectivity index (χ3n) is 5.23. The molecule has 0 bridgehead atoms. The summed E-state index contributed by atoms with van der Waals surface area (Å²) in [6, 6.07) is 14.5. The summed E-state index contributed by atoms with van der Waals surface area (Å²) in [6.45, 7) is 8.13. The summed E-state index contributed by atoms with van der Waals surface area (Å²) in [7, 11) is 0. The van der Waals surface area contributed by atoms with Gasteiger partial charge in [-0.15, -0.1) is 0 Å². The van der Waals surface area contributed by atoms with Gasteiger partial charge in [-0.1, -0.05) is 12.1 Å². The number of likely N-dealkylation sites (tertiary alicyclic amines) is 1. The zero-order chi connectivity index (χ0) is 20.3.